The van der Waals surface area contributed by atoms with Crippen molar-refractivity contribution in [2.24, 2.45) is 0 Å². The molecule has 1 heterocycles. The molecule has 0 bridgehead atoms. The van der Waals surface area contributed by atoms with E-state index < -0.39 is 5.82 Å². The van der Waals surface area contributed by atoms with E-state index in [9.17, 15) is 14.0 Å². The van der Waals surface area contributed by atoms with Crippen LogP contribution in [-0.4, -0.2) is 27.3 Å². The molecule has 3 aromatic rings. The van der Waals surface area contributed by atoms with Crippen LogP contribution in [0, 0.1) is 5.82 Å². The van der Waals surface area contributed by atoms with Gasteiger partial charge >= 0.3 is 0 Å². The topological polar surface area (TPSA) is 66.1 Å². The summed E-state index contributed by atoms with van der Waals surface area (Å²) in [4.78, 5) is 33.6. The van der Waals surface area contributed by atoms with Gasteiger partial charge in [-0.25, -0.2) is 9.37 Å². The number of nitrogens with one attached hydrogen (secondary N) is 1. The van der Waals surface area contributed by atoms with Gasteiger partial charge in [-0.05, 0) is 36.2 Å². The molecule has 27 heavy (non-hydrogen) atoms. The van der Waals surface area contributed by atoms with E-state index >= 15 is 0 Å². The Morgan fingerprint density at radius 1 is 1.26 bits per heavy atom. The van der Waals surface area contributed by atoms with E-state index in [-0.39, 0.29) is 24.4 Å². The molecule has 3 rings (SSSR count). The number of amides is 1. The summed E-state index contributed by atoms with van der Waals surface area (Å²) in [6.07, 6.45) is 0.684. The van der Waals surface area contributed by atoms with Gasteiger partial charge in [-0.1, -0.05) is 36.7 Å². The molecule has 0 aliphatic heterocycles. The van der Waals surface area contributed by atoms with Crippen molar-refractivity contribution in [3.8, 4) is 0 Å². The molecule has 5 nitrogen and oxygen atoms in total. The monoisotopic (exact) mass is 387 g/mol. The largest absolute Gasteiger partial charge is 0.335 e. The molecule has 1 N–H and O–H groups in total. The fourth-order valence-corrected chi connectivity index (χ4v) is 3.06. The summed E-state index contributed by atoms with van der Waals surface area (Å²) < 4.78 is 13.8. The molecule has 1 amide bonds. The molecule has 1 aromatic heterocycles. The minimum atomic E-state index is -0.408. The predicted molar refractivity (Wildman–Crippen MR) is 103 cm³/mol. The molecule has 0 spiro atoms. The van der Waals surface area contributed by atoms with Gasteiger partial charge in [0.1, 0.15) is 11.6 Å². The molecule has 0 aliphatic rings. The Morgan fingerprint density at radius 2 is 2.04 bits per heavy atom. The highest BCUT2D eigenvalue weighted by atomic mass is 35.5. The molecular formula is C20H19ClFN3O2. The van der Waals surface area contributed by atoms with E-state index in [0.717, 1.165) is 6.42 Å². The van der Waals surface area contributed by atoms with Crippen LogP contribution in [0.1, 0.15) is 24.7 Å². The molecule has 0 aliphatic carbocycles. The van der Waals surface area contributed by atoms with Gasteiger partial charge in [0.25, 0.3) is 5.56 Å². The number of aromatic nitrogens is 2. The third kappa shape index (κ3) is 4.52. The van der Waals surface area contributed by atoms with Crippen molar-refractivity contribution in [3.05, 3.63) is 75.0 Å². The Morgan fingerprint density at radius 3 is 2.78 bits per heavy atom. The molecule has 140 valence electrons. The standard InChI is InChI=1S/C20H19ClFN3O2/c1-2-9-25(19(26)10-13-5-3-4-6-16(13)22)12-18-23-17-11-14(21)7-8-15(17)20(27)24-18/h3-8,11H,2,9-10,12H2,1H3,(H,23,24,27). The molecule has 0 unspecified atom stereocenters. The van der Waals surface area contributed by atoms with Gasteiger partial charge in [-0.2, -0.15) is 0 Å². The number of hydrogen-bond donors (Lipinski definition) is 1. The Hall–Kier alpha value is -2.73. The van der Waals surface area contributed by atoms with Gasteiger partial charge in [-0.15, -0.1) is 0 Å². The molecule has 0 atom stereocenters. The lowest BCUT2D eigenvalue weighted by molar-refractivity contribution is -0.131. The third-order valence-corrected chi connectivity index (χ3v) is 4.44. The lowest BCUT2D eigenvalue weighted by Crippen LogP contribution is -2.34. The molecule has 2 aromatic carbocycles. The van der Waals surface area contributed by atoms with E-state index in [0.29, 0.717) is 33.9 Å². The molecule has 0 radical (unpaired) electrons. The van der Waals surface area contributed by atoms with Gasteiger partial charge in [-0.3, -0.25) is 9.59 Å². The Labute approximate surface area is 160 Å². The summed E-state index contributed by atoms with van der Waals surface area (Å²) in [6, 6.07) is 11.1. The van der Waals surface area contributed by atoms with Crippen LogP contribution in [0.5, 0.6) is 0 Å². The van der Waals surface area contributed by atoms with Crippen LogP contribution in [0.25, 0.3) is 10.9 Å². The quantitative estimate of drug-likeness (QED) is 0.701. The maximum atomic E-state index is 13.8. The van der Waals surface area contributed by atoms with Gasteiger partial charge in [0.2, 0.25) is 5.91 Å². The van der Waals surface area contributed by atoms with Crippen molar-refractivity contribution in [3.63, 3.8) is 0 Å². The van der Waals surface area contributed by atoms with Crippen LogP contribution in [0.3, 0.4) is 0 Å². The minimum absolute atomic E-state index is 0.0453. The van der Waals surface area contributed by atoms with Crippen LogP contribution >= 0.6 is 11.6 Å². The summed E-state index contributed by atoms with van der Waals surface area (Å²) in [5.74, 6) is -0.268. The van der Waals surface area contributed by atoms with Crippen LogP contribution in [0.15, 0.2) is 47.3 Å². The molecule has 7 heteroatoms. The van der Waals surface area contributed by atoms with Crippen molar-refractivity contribution in [1.82, 2.24) is 14.9 Å². The molecular weight excluding hydrogens is 369 g/mol. The van der Waals surface area contributed by atoms with Gasteiger partial charge in [0.15, 0.2) is 0 Å². The van der Waals surface area contributed by atoms with Crippen LogP contribution in [-0.2, 0) is 17.8 Å². The van der Waals surface area contributed by atoms with Crippen molar-refractivity contribution >= 4 is 28.4 Å². The summed E-state index contributed by atoms with van der Waals surface area (Å²) in [7, 11) is 0. The first-order valence-electron chi connectivity index (χ1n) is 8.67. The first kappa shape index (κ1) is 19.0. The van der Waals surface area contributed by atoms with Gasteiger partial charge in [0.05, 0.1) is 23.9 Å². The number of H-pyrrole nitrogens is 1. The second-order valence-corrected chi connectivity index (χ2v) is 6.69. The maximum Gasteiger partial charge on any atom is 0.258 e. The van der Waals surface area contributed by atoms with Gasteiger partial charge in [0, 0.05) is 11.6 Å². The number of fused-ring (bicyclic) bond motifs is 1. The van der Waals surface area contributed by atoms with Crippen LogP contribution in [0.2, 0.25) is 5.02 Å². The second-order valence-electron chi connectivity index (χ2n) is 6.26. The fourth-order valence-electron chi connectivity index (χ4n) is 2.90. The highest BCUT2D eigenvalue weighted by Crippen LogP contribution is 2.15. The number of halogens is 2. The highest BCUT2D eigenvalue weighted by Gasteiger charge is 2.17. The zero-order chi connectivity index (χ0) is 19.4. The van der Waals surface area contributed by atoms with E-state index in [1.165, 1.54) is 6.07 Å². The average Bonchev–Trinajstić information content (AvgIpc) is 2.63. The number of hydrogen-bond acceptors (Lipinski definition) is 3. The summed E-state index contributed by atoms with van der Waals surface area (Å²) >= 11 is 5.98. The van der Waals surface area contributed by atoms with Crippen molar-refractivity contribution < 1.29 is 9.18 Å². The van der Waals surface area contributed by atoms with Crippen LogP contribution < -0.4 is 5.56 Å². The zero-order valence-electron chi connectivity index (χ0n) is 14.8. The lowest BCUT2D eigenvalue weighted by Gasteiger charge is -2.22. The normalized spacial score (nSPS) is 10.9. The maximum absolute atomic E-state index is 13.8. The number of nitrogens with zero attached hydrogens (tertiary/aromatic N) is 2. The average molecular weight is 388 g/mol. The molecule has 0 saturated heterocycles. The van der Waals surface area contributed by atoms with Crippen molar-refractivity contribution in [2.75, 3.05) is 6.54 Å². The number of benzene rings is 2. The Kier molecular flexibility index (Phi) is 5.86. The summed E-state index contributed by atoms with van der Waals surface area (Å²) in [5.41, 5.74) is 0.527. The smallest absolute Gasteiger partial charge is 0.258 e. The zero-order valence-corrected chi connectivity index (χ0v) is 15.6. The number of rotatable bonds is 6. The molecule has 0 saturated carbocycles. The van der Waals surface area contributed by atoms with E-state index in [1.54, 1.807) is 41.3 Å². The first-order chi connectivity index (χ1) is 13.0. The van der Waals surface area contributed by atoms with E-state index in [4.69, 9.17) is 11.6 Å². The number of carbonyl (C=O) groups is 1. The van der Waals surface area contributed by atoms with E-state index in [2.05, 4.69) is 9.97 Å². The van der Waals surface area contributed by atoms with Crippen molar-refractivity contribution in [2.45, 2.75) is 26.3 Å². The number of aromatic amines is 1. The SMILES string of the molecule is CCCN(Cc1nc2cc(Cl)ccc2c(=O)[nH]1)C(=O)Cc1ccccc1F. The second kappa shape index (κ2) is 8.31. The van der Waals surface area contributed by atoms with Gasteiger partial charge < -0.3 is 9.88 Å². The first-order valence-corrected chi connectivity index (χ1v) is 9.05. The van der Waals surface area contributed by atoms with E-state index in [1.807, 2.05) is 6.92 Å². The minimum Gasteiger partial charge on any atom is -0.335 e. The summed E-state index contributed by atoms with van der Waals surface area (Å²) in [5, 5.41) is 0.912. The lowest BCUT2D eigenvalue weighted by atomic mass is 10.1. The highest BCUT2D eigenvalue weighted by molar-refractivity contribution is 6.31. The third-order valence-electron chi connectivity index (χ3n) is 4.20. The predicted octanol–water partition coefficient (Wildman–Crippen LogP) is 3.70. The summed E-state index contributed by atoms with van der Waals surface area (Å²) in [6.45, 7) is 2.56. The van der Waals surface area contributed by atoms with Crippen molar-refractivity contribution in [1.29, 1.82) is 0 Å². The fraction of sp³-hybridized carbons (Fsp3) is 0.250. The molecule has 0 fully saturated rings. The Bertz CT molecular complexity index is 1040. The van der Waals surface area contributed by atoms with Crippen LogP contribution in [0.4, 0.5) is 4.39 Å². The Balaban J connectivity index is 1.85. The number of carbonyl (C=O) groups excluding carboxylic acids is 1.